The molecule has 57 heavy (non-hydrogen) atoms. The van der Waals surface area contributed by atoms with Crippen LogP contribution in [0.1, 0.15) is 0 Å². The van der Waals surface area contributed by atoms with Crippen LogP contribution in [0, 0.1) is 63.2 Å². The molecule has 0 nitrogen and oxygen atoms in total. The molecule has 0 bridgehead atoms. The monoisotopic (exact) mass is 1220 g/mol. The van der Waals surface area contributed by atoms with Crippen molar-refractivity contribution in [1.82, 2.24) is 0 Å². The number of rotatable bonds is 6. The van der Waals surface area contributed by atoms with Crippen LogP contribution < -0.4 is 31.8 Å². The Morgan fingerprint density at radius 2 is 0.561 bits per heavy atom. The van der Waals surface area contributed by atoms with Crippen LogP contribution in [0.25, 0.3) is 0 Å². The van der Waals surface area contributed by atoms with Crippen LogP contribution in [0.4, 0.5) is 17.3 Å². The largest absolute Gasteiger partial charge is 0.673 e. The zero-order valence-corrected chi connectivity index (χ0v) is 38.2. The summed E-state index contributed by atoms with van der Waals surface area (Å²) in [6.45, 7) is 0. The van der Waals surface area contributed by atoms with Gasteiger partial charge in [0, 0.05) is 74.7 Å². The summed E-state index contributed by atoms with van der Waals surface area (Å²) in [7, 11) is -6.89. The van der Waals surface area contributed by atoms with Crippen LogP contribution >= 0.6 is 27.4 Å². The molecule has 2 aliphatic carbocycles. The van der Waals surface area contributed by atoms with Gasteiger partial charge in [0.05, 0.1) is 5.38 Å². The van der Waals surface area contributed by atoms with E-state index in [1.165, 1.54) is 31.8 Å². The van der Waals surface area contributed by atoms with Gasteiger partial charge < -0.3 is 17.3 Å². The maximum absolute atomic E-state index is 9.75. The molecule has 2 aliphatic rings. The van der Waals surface area contributed by atoms with E-state index in [9.17, 15) is 17.3 Å². The van der Waals surface area contributed by atoms with Gasteiger partial charge in [0.25, 0.3) is 6.42 Å². The Morgan fingerprint density at radius 1 is 0.368 bits per heavy atom. The Morgan fingerprint density at radius 3 is 0.684 bits per heavy atom. The van der Waals surface area contributed by atoms with Crippen molar-refractivity contribution in [2.45, 2.75) is 0 Å². The van der Waals surface area contributed by atoms with Crippen molar-refractivity contribution in [2.75, 3.05) is 0 Å². The van der Waals surface area contributed by atoms with Gasteiger partial charge in [-0.25, -0.2) is 0 Å². The molecule has 8 rings (SSSR count). The summed E-state index contributed by atoms with van der Waals surface area (Å²) in [5, 5.41) is 9.20. The fourth-order valence-corrected chi connectivity index (χ4v) is 9.74. The molecule has 0 amide bonds. The van der Waals surface area contributed by atoms with E-state index >= 15 is 0 Å². The van der Waals surface area contributed by atoms with E-state index in [0.717, 1.165) is 5.38 Å². The predicted octanol–water partition coefficient (Wildman–Crippen LogP) is 10.7. The van der Waals surface area contributed by atoms with Crippen molar-refractivity contribution >= 4 is 66.5 Å². The van der Waals surface area contributed by atoms with Gasteiger partial charge in [-0.15, -0.1) is 11.6 Å². The molecule has 0 saturated heterocycles. The van der Waals surface area contributed by atoms with Gasteiger partial charge in [0.2, 0.25) is 0 Å². The van der Waals surface area contributed by atoms with Crippen LogP contribution in [-0.2, 0) is 61.8 Å². The summed E-state index contributed by atoms with van der Waals surface area (Å²) in [5.74, 6) is 0. The third-order valence-corrected chi connectivity index (χ3v) is 12.3. The van der Waals surface area contributed by atoms with E-state index in [4.69, 9.17) is 11.6 Å². The average molecular weight is 1220 g/mol. The molecule has 12 radical (unpaired) electrons. The summed E-state index contributed by atoms with van der Waals surface area (Å²) >= 11 is 5.46. The van der Waals surface area contributed by atoms with Crippen LogP contribution in [-0.4, -0.2) is 7.25 Å². The van der Waals surface area contributed by atoms with Gasteiger partial charge in [-0.05, 0) is 73.4 Å². The van der Waals surface area contributed by atoms with E-state index in [-0.39, 0.29) is 61.8 Å². The second-order valence-corrected chi connectivity index (χ2v) is 16.0. The Labute approximate surface area is 387 Å². The van der Waals surface area contributed by atoms with Crippen LogP contribution in [0.15, 0.2) is 182 Å². The minimum atomic E-state index is -6.00. The summed E-state index contributed by atoms with van der Waals surface area (Å²) < 4.78 is 39.0. The van der Waals surface area contributed by atoms with E-state index in [1.807, 2.05) is 51.4 Å². The topological polar surface area (TPSA) is 0 Å². The van der Waals surface area contributed by atoms with E-state index < -0.39 is 23.1 Å². The van der Waals surface area contributed by atoms with Crippen LogP contribution in [0.2, 0.25) is 0 Å². The predicted molar refractivity (Wildman–Crippen MR) is 227 cm³/mol. The Hall–Kier alpha value is -1.88. The SMILES string of the molecule is Cl[C]1[CH][CH][CH][CH]1.F[B-](F)(F)F.[Au].[Au].[C+]1[CH][CH][CH][CH]1.[Fe].c1ccc(P(c2ccccc2)c2ccccc2)cc1.c1ccc(P(c2ccccc2)c2ccccc2)cc1. The van der Waals surface area contributed by atoms with Crippen molar-refractivity contribution in [2.24, 2.45) is 0 Å². The van der Waals surface area contributed by atoms with Gasteiger partial charge in [0.15, 0.2) is 12.8 Å². The number of benzene rings is 6. The molecular weight excluding hydrogens is 1190 g/mol. The number of hydrogen-bond donors (Lipinski definition) is 0. The molecule has 2 saturated carbocycles. The van der Waals surface area contributed by atoms with E-state index in [1.54, 1.807) is 0 Å². The Balaban J connectivity index is 0.000000398. The molecule has 0 unspecified atom stereocenters. The first-order valence-corrected chi connectivity index (χ1v) is 20.1. The minimum absolute atomic E-state index is 0. The molecule has 11 heteroatoms. The molecular formula is C46H38Au2BClF4FeP2. The zero-order chi connectivity index (χ0) is 38.3. The molecule has 0 N–H and O–H groups in total. The summed E-state index contributed by atoms with van der Waals surface area (Å²) in [5.41, 5.74) is 0. The van der Waals surface area contributed by atoms with Gasteiger partial charge in [0.1, 0.15) is 0 Å². The van der Waals surface area contributed by atoms with E-state index in [0.29, 0.717) is 0 Å². The molecule has 300 valence electrons. The molecule has 0 aromatic heterocycles. The first-order chi connectivity index (χ1) is 26.3. The second kappa shape index (κ2) is 31.1. The molecule has 6 aromatic carbocycles. The van der Waals surface area contributed by atoms with Gasteiger partial charge >= 0.3 is 7.25 Å². The van der Waals surface area contributed by atoms with Crippen LogP contribution in [0.5, 0.6) is 0 Å². The first kappa shape index (κ1) is 53.1. The molecule has 6 aromatic rings. The van der Waals surface area contributed by atoms with Crippen molar-refractivity contribution in [3.63, 3.8) is 0 Å². The molecule has 0 heterocycles. The summed E-state index contributed by atoms with van der Waals surface area (Å²) in [6, 6.07) is 64.7. The standard InChI is InChI=1S/2C18H15P.C5H4Cl.C5H4.2Au.BF4.Fe/c2*1-4-10-16(11-5-1)19(17-12-6-2-7-13-17)18-14-8-3-9-15-18;6-5-3-1-2-4-5;1-2-4-5-3-1;;;2-1(3,4)5;/h2*1-15H;1-4H;1-4H;;;;/q;;;+1;;;-1;. The maximum atomic E-state index is 9.75. The smallest absolute Gasteiger partial charge is 0.418 e. The maximum Gasteiger partial charge on any atom is 0.673 e. The van der Waals surface area contributed by atoms with Crippen molar-refractivity contribution in [1.29, 1.82) is 0 Å². The molecule has 2 fully saturated rings. The fourth-order valence-electron chi connectivity index (χ4n) is 4.99. The number of hydrogen-bond acceptors (Lipinski definition) is 0. The van der Waals surface area contributed by atoms with Gasteiger partial charge in [-0.1, -0.05) is 182 Å². The Bertz CT molecular complexity index is 1490. The Kier molecular flexibility index (Phi) is 29.0. The summed E-state index contributed by atoms with van der Waals surface area (Å²) in [6.07, 6.45) is 18.0. The molecule has 0 aliphatic heterocycles. The van der Waals surface area contributed by atoms with Crippen molar-refractivity contribution < 1.29 is 79.1 Å². The third-order valence-electron chi connectivity index (χ3n) is 7.20. The zero-order valence-electron chi connectivity index (χ0n) is 30.3. The second-order valence-electron chi connectivity index (χ2n) is 11.2. The third kappa shape index (κ3) is 21.8. The fraction of sp³-hybridized carbons (Fsp3) is 0. The van der Waals surface area contributed by atoms with Crippen LogP contribution in [0.3, 0.4) is 0 Å². The van der Waals surface area contributed by atoms with E-state index in [2.05, 4.69) is 188 Å². The quantitative estimate of drug-likeness (QED) is 0.0675. The van der Waals surface area contributed by atoms with Crippen molar-refractivity contribution in [3.8, 4) is 0 Å². The van der Waals surface area contributed by atoms with Gasteiger partial charge in [-0.2, -0.15) is 0 Å². The number of halogens is 5. The van der Waals surface area contributed by atoms with Gasteiger partial charge in [-0.3, -0.25) is 0 Å². The summed E-state index contributed by atoms with van der Waals surface area (Å²) in [4.78, 5) is 0. The molecule has 0 atom stereocenters. The molecule has 0 spiro atoms. The minimum Gasteiger partial charge on any atom is -0.418 e. The first-order valence-electron chi connectivity index (χ1n) is 17.0. The normalized spacial score (nSPS) is 12.8. The van der Waals surface area contributed by atoms with Crippen molar-refractivity contribution in [3.05, 3.63) is 245 Å². The average Bonchev–Trinajstić information content (AvgIpc) is 3.96.